The standard InChI is InChI=1S/C24H25F2N5O3/c1-24(2,3)29-22(32)21-19(33-5)9-16(10-20(21)34-23(25)26)31-13-27-17-8-14(6-7-18(17)31)15-11-28-30(4)12-15/h6-13,23H,1-5H3,(H,29,32). The number of carbonyl (C=O) groups is 1. The molecule has 0 fully saturated rings. The van der Waals surface area contributed by atoms with Crippen molar-refractivity contribution in [3.05, 3.63) is 54.6 Å². The van der Waals surface area contributed by atoms with E-state index in [1.807, 2.05) is 31.4 Å². The van der Waals surface area contributed by atoms with E-state index in [9.17, 15) is 13.6 Å². The first kappa shape index (κ1) is 23.2. The van der Waals surface area contributed by atoms with Crippen LogP contribution >= 0.6 is 0 Å². The highest BCUT2D eigenvalue weighted by atomic mass is 19.3. The Morgan fingerprint density at radius 2 is 1.85 bits per heavy atom. The van der Waals surface area contributed by atoms with E-state index in [2.05, 4.69) is 15.4 Å². The molecule has 0 radical (unpaired) electrons. The summed E-state index contributed by atoms with van der Waals surface area (Å²) in [6.07, 6.45) is 5.24. The van der Waals surface area contributed by atoms with E-state index in [1.165, 1.54) is 13.2 Å². The van der Waals surface area contributed by atoms with Crippen LogP contribution in [0.1, 0.15) is 31.1 Å². The molecule has 0 atom stereocenters. The summed E-state index contributed by atoms with van der Waals surface area (Å²) in [5, 5.41) is 6.95. The number of aryl methyl sites for hydroxylation is 1. The maximum absolute atomic E-state index is 13.3. The minimum Gasteiger partial charge on any atom is -0.496 e. The molecule has 1 amide bonds. The predicted molar refractivity (Wildman–Crippen MR) is 124 cm³/mol. The maximum Gasteiger partial charge on any atom is 0.387 e. The number of alkyl halides is 2. The third kappa shape index (κ3) is 4.70. The lowest BCUT2D eigenvalue weighted by molar-refractivity contribution is -0.0502. The highest BCUT2D eigenvalue weighted by Crippen LogP contribution is 2.35. The molecule has 0 unspecified atom stereocenters. The number of benzene rings is 2. The van der Waals surface area contributed by atoms with E-state index >= 15 is 0 Å². The van der Waals surface area contributed by atoms with Gasteiger partial charge in [0.2, 0.25) is 0 Å². The Morgan fingerprint density at radius 3 is 2.47 bits per heavy atom. The van der Waals surface area contributed by atoms with Crippen molar-refractivity contribution in [2.75, 3.05) is 7.11 Å². The molecule has 0 aliphatic heterocycles. The van der Waals surface area contributed by atoms with Crippen LogP contribution in [-0.4, -0.2) is 44.5 Å². The molecule has 2 heterocycles. The molecule has 2 aromatic carbocycles. The molecule has 0 saturated carbocycles. The number of hydrogen-bond acceptors (Lipinski definition) is 5. The van der Waals surface area contributed by atoms with Gasteiger partial charge in [0.25, 0.3) is 5.91 Å². The number of nitrogens with zero attached hydrogens (tertiary/aromatic N) is 4. The SMILES string of the molecule is COc1cc(-n2cnc3cc(-c4cnn(C)c4)ccc32)cc(OC(F)F)c1C(=O)NC(C)(C)C. The molecule has 34 heavy (non-hydrogen) atoms. The zero-order valence-corrected chi connectivity index (χ0v) is 19.5. The molecule has 178 valence electrons. The number of imidazole rings is 1. The fourth-order valence-electron chi connectivity index (χ4n) is 3.66. The van der Waals surface area contributed by atoms with Crippen molar-refractivity contribution in [3.63, 3.8) is 0 Å². The largest absolute Gasteiger partial charge is 0.496 e. The van der Waals surface area contributed by atoms with Crippen LogP contribution in [-0.2, 0) is 7.05 Å². The Labute approximate surface area is 195 Å². The van der Waals surface area contributed by atoms with Crippen molar-refractivity contribution in [1.29, 1.82) is 0 Å². The smallest absolute Gasteiger partial charge is 0.387 e. The topological polar surface area (TPSA) is 83.2 Å². The normalized spacial score (nSPS) is 11.8. The lowest BCUT2D eigenvalue weighted by atomic mass is 10.1. The number of rotatable bonds is 6. The van der Waals surface area contributed by atoms with Crippen molar-refractivity contribution < 1.29 is 23.0 Å². The maximum atomic E-state index is 13.3. The van der Waals surface area contributed by atoms with Crippen LogP contribution in [0.15, 0.2) is 49.1 Å². The minimum absolute atomic E-state index is 0.101. The van der Waals surface area contributed by atoms with E-state index < -0.39 is 18.1 Å². The van der Waals surface area contributed by atoms with Crippen molar-refractivity contribution >= 4 is 16.9 Å². The lowest BCUT2D eigenvalue weighted by Crippen LogP contribution is -2.41. The fraction of sp³-hybridized carbons (Fsp3) is 0.292. The van der Waals surface area contributed by atoms with Crippen LogP contribution in [0.25, 0.3) is 27.8 Å². The van der Waals surface area contributed by atoms with E-state index in [1.54, 1.807) is 48.6 Å². The summed E-state index contributed by atoms with van der Waals surface area (Å²) in [7, 11) is 3.21. The third-order valence-corrected chi connectivity index (χ3v) is 5.07. The van der Waals surface area contributed by atoms with Gasteiger partial charge in [-0.05, 0) is 38.5 Å². The summed E-state index contributed by atoms with van der Waals surface area (Å²) in [4.78, 5) is 17.4. The number of halogens is 2. The van der Waals surface area contributed by atoms with Crippen LogP contribution in [0.5, 0.6) is 11.5 Å². The fourth-order valence-corrected chi connectivity index (χ4v) is 3.66. The molecule has 8 nitrogen and oxygen atoms in total. The molecule has 1 N–H and O–H groups in total. The molecule has 0 saturated heterocycles. The van der Waals surface area contributed by atoms with Gasteiger partial charge in [-0.25, -0.2) is 4.98 Å². The van der Waals surface area contributed by atoms with Gasteiger partial charge in [0.1, 0.15) is 23.4 Å². The molecular weight excluding hydrogens is 444 g/mol. The van der Waals surface area contributed by atoms with Gasteiger partial charge in [0, 0.05) is 36.5 Å². The molecule has 0 aliphatic carbocycles. The summed E-state index contributed by atoms with van der Waals surface area (Å²) < 4.78 is 40.1. The Kier molecular flexibility index (Phi) is 5.99. The van der Waals surface area contributed by atoms with E-state index in [-0.39, 0.29) is 17.1 Å². The summed E-state index contributed by atoms with van der Waals surface area (Å²) in [5.41, 5.74) is 3.09. The number of aromatic nitrogens is 4. The van der Waals surface area contributed by atoms with Crippen LogP contribution in [0, 0.1) is 0 Å². The first-order chi connectivity index (χ1) is 16.1. The lowest BCUT2D eigenvalue weighted by Gasteiger charge is -2.23. The first-order valence-electron chi connectivity index (χ1n) is 10.5. The summed E-state index contributed by atoms with van der Waals surface area (Å²) in [5.74, 6) is -0.771. The highest BCUT2D eigenvalue weighted by molar-refractivity contribution is 6.00. The van der Waals surface area contributed by atoms with Gasteiger partial charge in [0.15, 0.2) is 0 Å². The summed E-state index contributed by atoms with van der Waals surface area (Å²) in [6, 6.07) is 8.69. The van der Waals surface area contributed by atoms with Crippen molar-refractivity contribution in [2.45, 2.75) is 32.9 Å². The van der Waals surface area contributed by atoms with Crippen LogP contribution < -0.4 is 14.8 Å². The summed E-state index contributed by atoms with van der Waals surface area (Å²) >= 11 is 0. The van der Waals surface area contributed by atoms with Crippen molar-refractivity contribution in [2.24, 2.45) is 7.05 Å². The van der Waals surface area contributed by atoms with Gasteiger partial charge in [-0.2, -0.15) is 13.9 Å². The third-order valence-electron chi connectivity index (χ3n) is 5.07. The Morgan fingerprint density at radius 1 is 1.12 bits per heavy atom. The number of carbonyl (C=O) groups excluding carboxylic acids is 1. The summed E-state index contributed by atoms with van der Waals surface area (Å²) in [6.45, 7) is 2.24. The molecule has 4 aromatic rings. The zero-order valence-electron chi connectivity index (χ0n) is 19.5. The number of ether oxygens (including phenoxy) is 2. The second-order valence-corrected chi connectivity index (χ2v) is 8.82. The van der Waals surface area contributed by atoms with E-state index in [4.69, 9.17) is 9.47 Å². The Balaban J connectivity index is 1.81. The average Bonchev–Trinajstić information content (AvgIpc) is 3.37. The Bertz CT molecular complexity index is 1350. The van der Waals surface area contributed by atoms with Gasteiger partial charge in [-0.3, -0.25) is 14.0 Å². The van der Waals surface area contributed by atoms with Crippen LogP contribution in [0.4, 0.5) is 8.78 Å². The van der Waals surface area contributed by atoms with E-state index in [0.29, 0.717) is 11.2 Å². The molecule has 10 heteroatoms. The second-order valence-electron chi connectivity index (χ2n) is 8.82. The zero-order chi connectivity index (χ0) is 24.6. The Hall–Kier alpha value is -3.95. The first-order valence-corrected chi connectivity index (χ1v) is 10.5. The molecule has 0 aliphatic rings. The predicted octanol–water partition coefficient (Wildman–Crippen LogP) is 4.56. The number of methoxy groups -OCH3 is 1. The van der Waals surface area contributed by atoms with E-state index in [0.717, 1.165) is 16.6 Å². The van der Waals surface area contributed by atoms with Gasteiger partial charge < -0.3 is 14.8 Å². The number of fused-ring (bicyclic) bond motifs is 1. The highest BCUT2D eigenvalue weighted by Gasteiger charge is 2.26. The van der Waals surface area contributed by atoms with Crippen LogP contribution in [0.2, 0.25) is 0 Å². The average molecular weight is 469 g/mol. The van der Waals surface area contributed by atoms with Gasteiger partial charge >= 0.3 is 6.61 Å². The minimum atomic E-state index is -3.12. The van der Waals surface area contributed by atoms with Crippen molar-refractivity contribution in [3.8, 4) is 28.3 Å². The van der Waals surface area contributed by atoms with Gasteiger partial charge in [-0.15, -0.1) is 0 Å². The number of nitrogens with one attached hydrogen (secondary N) is 1. The quantitative estimate of drug-likeness (QED) is 0.448. The molecule has 2 aromatic heterocycles. The number of hydrogen-bond donors (Lipinski definition) is 1. The molecule has 0 bridgehead atoms. The second kappa shape index (κ2) is 8.77. The van der Waals surface area contributed by atoms with Crippen LogP contribution in [0.3, 0.4) is 0 Å². The molecular formula is C24H25F2N5O3. The molecule has 4 rings (SSSR count). The van der Waals surface area contributed by atoms with Gasteiger partial charge in [0.05, 0.1) is 30.0 Å². The monoisotopic (exact) mass is 469 g/mol. The number of amides is 1. The van der Waals surface area contributed by atoms with Gasteiger partial charge in [-0.1, -0.05) is 6.07 Å². The molecule has 0 spiro atoms. The van der Waals surface area contributed by atoms with Crippen molar-refractivity contribution in [1.82, 2.24) is 24.6 Å².